The van der Waals surface area contributed by atoms with Crippen molar-refractivity contribution in [1.29, 1.82) is 0 Å². The van der Waals surface area contributed by atoms with E-state index in [1.54, 1.807) is 25.3 Å². The standard InChI is InChI=1S/C25H31N5O3/c1-4-33-22-11-6-5-8-20(22)17-29-13-12-23-27-28-24(30(23)15-14-29)18(2)26-25(31)19-9-7-10-21(16-19)32-3/h5-11,16,18H,4,12-15,17H2,1-3H3,(H,26,31)/t18-/m0/s1. The van der Waals surface area contributed by atoms with E-state index in [-0.39, 0.29) is 11.9 Å². The fourth-order valence-corrected chi connectivity index (χ4v) is 4.15. The molecule has 33 heavy (non-hydrogen) atoms. The third-order valence-corrected chi connectivity index (χ3v) is 5.88. The van der Waals surface area contributed by atoms with E-state index in [1.807, 2.05) is 32.0 Å². The first kappa shape index (κ1) is 22.8. The van der Waals surface area contributed by atoms with Crippen LogP contribution in [0.15, 0.2) is 48.5 Å². The van der Waals surface area contributed by atoms with Gasteiger partial charge in [-0.3, -0.25) is 9.69 Å². The SMILES string of the molecule is CCOc1ccccc1CN1CCc2nnc([C@H](C)NC(=O)c3cccc(OC)c3)n2CC1. The number of carbonyl (C=O) groups excluding carboxylic acids is 1. The molecule has 8 nitrogen and oxygen atoms in total. The number of rotatable bonds is 8. The van der Waals surface area contributed by atoms with Gasteiger partial charge < -0.3 is 19.4 Å². The highest BCUT2D eigenvalue weighted by Crippen LogP contribution is 2.22. The van der Waals surface area contributed by atoms with E-state index in [0.717, 1.165) is 50.0 Å². The number of ether oxygens (including phenoxy) is 2. The summed E-state index contributed by atoms with van der Waals surface area (Å²) in [7, 11) is 1.59. The second kappa shape index (κ2) is 10.5. The Bertz CT molecular complexity index is 1100. The molecule has 3 aromatic rings. The Morgan fingerprint density at radius 3 is 2.79 bits per heavy atom. The molecule has 1 atom stereocenters. The summed E-state index contributed by atoms with van der Waals surface area (Å²) >= 11 is 0. The Labute approximate surface area is 194 Å². The van der Waals surface area contributed by atoms with Gasteiger partial charge in [-0.2, -0.15) is 0 Å². The third-order valence-electron chi connectivity index (χ3n) is 5.88. The van der Waals surface area contributed by atoms with Crippen LogP contribution in [0.5, 0.6) is 11.5 Å². The van der Waals surface area contributed by atoms with E-state index >= 15 is 0 Å². The number of hydrogen-bond acceptors (Lipinski definition) is 6. The molecule has 1 N–H and O–H groups in total. The van der Waals surface area contributed by atoms with Gasteiger partial charge in [0.05, 0.1) is 19.8 Å². The highest BCUT2D eigenvalue weighted by atomic mass is 16.5. The highest BCUT2D eigenvalue weighted by molar-refractivity contribution is 5.94. The lowest BCUT2D eigenvalue weighted by molar-refractivity contribution is 0.0937. The van der Waals surface area contributed by atoms with E-state index in [9.17, 15) is 4.79 Å². The summed E-state index contributed by atoms with van der Waals surface area (Å²) in [6.07, 6.45) is 0.806. The van der Waals surface area contributed by atoms with Gasteiger partial charge in [-0.25, -0.2) is 0 Å². The molecule has 8 heteroatoms. The molecule has 0 saturated carbocycles. The number of para-hydroxylation sites is 1. The van der Waals surface area contributed by atoms with Gasteiger partial charge >= 0.3 is 0 Å². The molecule has 0 radical (unpaired) electrons. The highest BCUT2D eigenvalue weighted by Gasteiger charge is 2.23. The minimum atomic E-state index is -0.268. The zero-order chi connectivity index (χ0) is 23.2. The molecule has 2 heterocycles. The first-order valence-electron chi connectivity index (χ1n) is 11.4. The topological polar surface area (TPSA) is 81.5 Å². The van der Waals surface area contributed by atoms with Crippen LogP contribution in [0.2, 0.25) is 0 Å². The molecular formula is C25H31N5O3. The zero-order valence-electron chi connectivity index (χ0n) is 19.5. The minimum absolute atomic E-state index is 0.165. The molecule has 2 aromatic carbocycles. The zero-order valence-corrected chi connectivity index (χ0v) is 19.5. The van der Waals surface area contributed by atoms with Gasteiger partial charge in [0.2, 0.25) is 0 Å². The van der Waals surface area contributed by atoms with Crippen LogP contribution in [0.3, 0.4) is 0 Å². The number of nitrogens with zero attached hydrogens (tertiary/aromatic N) is 4. The van der Waals surface area contributed by atoms with E-state index in [4.69, 9.17) is 9.47 Å². The summed E-state index contributed by atoms with van der Waals surface area (Å²) in [5.74, 6) is 3.16. The lowest BCUT2D eigenvalue weighted by Crippen LogP contribution is -2.30. The monoisotopic (exact) mass is 449 g/mol. The molecule has 1 aliphatic rings. The second-order valence-electron chi connectivity index (χ2n) is 8.12. The van der Waals surface area contributed by atoms with Crippen LogP contribution < -0.4 is 14.8 Å². The number of hydrogen-bond donors (Lipinski definition) is 1. The van der Waals surface area contributed by atoms with Crippen molar-refractivity contribution in [2.24, 2.45) is 0 Å². The molecule has 0 fully saturated rings. The molecule has 0 saturated heterocycles. The predicted octanol–water partition coefficient (Wildman–Crippen LogP) is 3.23. The number of amides is 1. The first-order valence-corrected chi connectivity index (χ1v) is 11.4. The first-order chi connectivity index (χ1) is 16.1. The second-order valence-corrected chi connectivity index (χ2v) is 8.12. The predicted molar refractivity (Wildman–Crippen MR) is 125 cm³/mol. The summed E-state index contributed by atoms with van der Waals surface area (Å²) in [6, 6.07) is 15.1. The number of carbonyl (C=O) groups is 1. The number of nitrogens with one attached hydrogen (secondary N) is 1. The normalized spacial score (nSPS) is 14.8. The summed E-state index contributed by atoms with van der Waals surface area (Å²) in [6.45, 7) is 7.96. The molecule has 0 spiro atoms. The Kier molecular flexibility index (Phi) is 7.24. The van der Waals surface area contributed by atoms with Crippen LogP contribution >= 0.6 is 0 Å². The maximum absolute atomic E-state index is 12.8. The van der Waals surface area contributed by atoms with Crippen LogP contribution in [0.25, 0.3) is 0 Å². The van der Waals surface area contributed by atoms with Crippen LogP contribution in [0, 0.1) is 0 Å². The maximum atomic E-state index is 12.8. The van der Waals surface area contributed by atoms with Gasteiger partial charge in [0.1, 0.15) is 17.3 Å². The molecule has 0 unspecified atom stereocenters. The number of fused-ring (bicyclic) bond motifs is 1. The number of methoxy groups -OCH3 is 1. The lowest BCUT2D eigenvalue weighted by atomic mass is 10.2. The summed E-state index contributed by atoms with van der Waals surface area (Å²) < 4.78 is 13.2. The van der Waals surface area contributed by atoms with Crippen molar-refractivity contribution in [3.05, 3.63) is 71.3 Å². The Balaban J connectivity index is 1.42. The third kappa shape index (κ3) is 5.34. The average molecular weight is 450 g/mol. The summed E-state index contributed by atoms with van der Waals surface area (Å²) in [5, 5.41) is 11.9. The van der Waals surface area contributed by atoms with Gasteiger partial charge in [-0.15, -0.1) is 10.2 Å². The molecule has 1 aromatic heterocycles. The molecule has 1 aliphatic heterocycles. The van der Waals surface area contributed by atoms with E-state index in [1.165, 1.54) is 5.56 Å². The van der Waals surface area contributed by atoms with E-state index in [2.05, 4.69) is 37.1 Å². The molecule has 0 aliphatic carbocycles. The quantitative estimate of drug-likeness (QED) is 0.569. The summed E-state index contributed by atoms with van der Waals surface area (Å²) in [4.78, 5) is 15.2. The van der Waals surface area contributed by atoms with Crippen LogP contribution in [-0.4, -0.2) is 52.4 Å². The van der Waals surface area contributed by atoms with Gasteiger partial charge in [0.25, 0.3) is 5.91 Å². The van der Waals surface area contributed by atoms with Gasteiger partial charge in [0.15, 0.2) is 5.82 Å². The van der Waals surface area contributed by atoms with E-state index < -0.39 is 0 Å². The van der Waals surface area contributed by atoms with Crippen molar-refractivity contribution in [3.8, 4) is 11.5 Å². The van der Waals surface area contributed by atoms with Crippen molar-refractivity contribution in [1.82, 2.24) is 25.0 Å². The smallest absolute Gasteiger partial charge is 0.251 e. The molecule has 0 bridgehead atoms. The number of aromatic nitrogens is 3. The van der Waals surface area contributed by atoms with Crippen molar-refractivity contribution >= 4 is 5.91 Å². The van der Waals surface area contributed by atoms with Gasteiger partial charge in [-0.1, -0.05) is 24.3 Å². The fraction of sp³-hybridized carbons (Fsp3) is 0.400. The Hall–Kier alpha value is -3.39. The fourth-order valence-electron chi connectivity index (χ4n) is 4.15. The Morgan fingerprint density at radius 1 is 1.12 bits per heavy atom. The number of benzene rings is 2. The van der Waals surface area contributed by atoms with Gasteiger partial charge in [-0.05, 0) is 38.1 Å². The molecular weight excluding hydrogens is 418 g/mol. The Morgan fingerprint density at radius 2 is 1.97 bits per heavy atom. The molecule has 174 valence electrons. The van der Waals surface area contributed by atoms with Gasteiger partial charge in [0, 0.05) is 43.7 Å². The van der Waals surface area contributed by atoms with Crippen LogP contribution in [0.1, 0.15) is 47.5 Å². The van der Waals surface area contributed by atoms with Crippen molar-refractivity contribution in [2.75, 3.05) is 26.8 Å². The average Bonchev–Trinajstić information content (AvgIpc) is 3.14. The van der Waals surface area contributed by atoms with Crippen molar-refractivity contribution in [3.63, 3.8) is 0 Å². The molecule has 4 rings (SSSR count). The van der Waals surface area contributed by atoms with E-state index in [0.29, 0.717) is 17.9 Å². The van der Waals surface area contributed by atoms with Crippen molar-refractivity contribution < 1.29 is 14.3 Å². The van der Waals surface area contributed by atoms with Crippen LogP contribution in [-0.2, 0) is 19.5 Å². The lowest BCUT2D eigenvalue weighted by Gasteiger charge is -2.21. The van der Waals surface area contributed by atoms with Crippen molar-refractivity contribution in [2.45, 2.75) is 39.4 Å². The van der Waals surface area contributed by atoms with Crippen LogP contribution in [0.4, 0.5) is 0 Å². The molecule has 1 amide bonds. The minimum Gasteiger partial charge on any atom is -0.497 e. The largest absolute Gasteiger partial charge is 0.497 e. The maximum Gasteiger partial charge on any atom is 0.251 e. The summed E-state index contributed by atoms with van der Waals surface area (Å²) in [5.41, 5.74) is 1.74.